The third-order valence-electron chi connectivity index (χ3n) is 5.34. The Labute approximate surface area is 201 Å². The van der Waals surface area contributed by atoms with Gasteiger partial charge in [0.2, 0.25) is 0 Å². The van der Waals surface area contributed by atoms with Gasteiger partial charge < -0.3 is 4.42 Å². The van der Waals surface area contributed by atoms with Crippen molar-refractivity contribution < 1.29 is 14.0 Å². The molecule has 5 aromatic rings. The summed E-state index contributed by atoms with van der Waals surface area (Å²) in [5.74, 6) is -1.15. The van der Waals surface area contributed by atoms with Gasteiger partial charge in [-0.3, -0.25) is 20.2 Å². The van der Waals surface area contributed by atoms with Gasteiger partial charge in [-0.05, 0) is 55.2 Å². The summed E-state index contributed by atoms with van der Waals surface area (Å²) in [6.07, 6.45) is 1.49. The van der Waals surface area contributed by atoms with E-state index in [2.05, 4.69) is 20.7 Å². The van der Waals surface area contributed by atoms with Crippen LogP contribution in [0, 0.1) is 6.92 Å². The fourth-order valence-electron chi connectivity index (χ4n) is 3.77. The topological polar surface area (TPSA) is 114 Å². The van der Waals surface area contributed by atoms with Crippen molar-refractivity contribution in [3.8, 4) is 0 Å². The summed E-state index contributed by atoms with van der Waals surface area (Å²) in [5, 5.41) is 11.5. The number of carbonyl (C=O) groups is 2. The highest BCUT2D eigenvalue weighted by atomic mass is 32.2. The largest absolute Gasteiger partial charge is 0.431 e. The number of aryl methyl sites for hydroxylation is 1. The number of aromatic nitrogens is 4. The van der Waals surface area contributed by atoms with Crippen molar-refractivity contribution in [3.63, 3.8) is 0 Å². The maximum atomic E-state index is 12.4. The molecule has 1 fully saturated rings. The summed E-state index contributed by atoms with van der Waals surface area (Å²) >= 11 is 6.18. The van der Waals surface area contributed by atoms with E-state index in [1.54, 1.807) is 11.4 Å². The van der Waals surface area contributed by atoms with Gasteiger partial charge in [-0.25, -0.2) is 14.5 Å². The number of hydrogen-bond acceptors (Lipinski definition) is 8. The molecule has 166 valence electrons. The number of para-hydroxylation sites is 3. The molecule has 0 bridgehead atoms. The van der Waals surface area contributed by atoms with Crippen molar-refractivity contribution in [1.82, 2.24) is 30.2 Å². The van der Waals surface area contributed by atoms with Crippen LogP contribution in [-0.2, 0) is 9.59 Å². The lowest BCUT2D eigenvalue weighted by Crippen LogP contribution is -2.51. The minimum atomic E-state index is -0.575. The molecule has 2 N–H and O–H groups in total. The Kier molecular flexibility index (Phi) is 4.67. The number of nitrogens with one attached hydrogen (secondary N) is 2. The molecule has 1 aliphatic rings. The van der Waals surface area contributed by atoms with E-state index in [0.29, 0.717) is 32.7 Å². The second-order valence-electron chi connectivity index (χ2n) is 7.51. The minimum absolute atomic E-state index is 0.0233. The van der Waals surface area contributed by atoms with E-state index in [1.807, 2.05) is 48.5 Å². The van der Waals surface area contributed by atoms with Gasteiger partial charge in [0.15, 0.2) is 16.3 Å². The summed E-state index contributed by atoms with van der Waals surface area (Å²) in [6.45, 7) is 1.80. The molecule has 4 heterocycles. The number of amides is 2. The Hall–Kier alpha value is -4.09. The van der Waals surface area contributed by atoms with Crippen LogP contribution in [0.25, 0.3) is 33.7 Å². The Morgan fingerprint density at radius 3 is 2.56 bits per heavy atom. The fourth-order valence-corrected chi connectivity index (χ4v) is 4.81. The zero-order valence-electron chi connectivity index (χ0n) is 17.5. The number of carbonyl (C=O) groups excluding carboxylic acids is 2. The van der Waals surface area contributed by atoms with Gasteiger partial charge in [0.25, 0.3) is 17.0 Å². The Morgan fingerprint density at radius 1 is 1.03 bits per heavy atom. The molecule has 11 heteroatoms. The van der Waals surface area contributed by atoms with Crippen molar-refractivity contribution in [2.75, 3.05) is 0 Å². The van der Waals surface area contributed by atoms with Crippen LogP contribution in [0.1, 0.15) is 11.3 Å². The van der Waals surface area contributed by atoms with Crippen LogP contribution < -0.4 is 10.6 Å². The van der Waals surface area contributed by atoms with Gasteiger partial charge >= 0.3 is 0 Å². The van der Waals surface area contributed by atoms with Gasteiger partial charge in [-0.2, -0.15) is 5.10 Å². The second-order valence-corrected chi connectivity index (χ2v) is 8.86. The first-order valence-electron chi connectivity index (χ1n) is 10.2. The van der Waals surface area contributed by atoms with E-state index in [9.17, 15) is 9.59 Å². The molecule has 0 unspecified atom stereocenters. The number of benzene rings is 2. The van der Waals surface area contributed by atoms with Crippen LogP contribution in [-0.4, -0.2) is 36.5 Å². The molecule has 6 rings (SSSR count). The minimum Gasteiger partial charge on any atom is -0.431 e. The van der Waals surface area contributed by atoms with Gasteiger partial charge in [-0.1, -0.05) is 30.3 Å². The van der Waals surface area contributed by atoms with E-state index in [0.717, 1.165) is 16.4 Å². The zero-order chi connectivity index (χ0) is 23.4. The van der Waals surface area contributed by atoms with Gasteiger partial charge in [-0.15, -0.1) is 0 Å². The molecule has 3 aromatic heterocycles. The highest BCUT2D eigenvalue weighted by Crippen LogP contribution is 2.35. The third-order valence-corrected chi connectivity index (χ3v) is 6.40. The molecule has 0 aliphatic carbocycles. The van der Waals surface area contributed by atoms with Crippen molar-refractivity contribution in [2.45, 2.75) is 17.2 Å². The summed E-state index contributed by atoms with van der Waals surface area (Å²) < 4.78 is 7.59. The van der Waals surface area contributed by atoms with Gasteiger partial charge in [0, 0.05) is 10.9 Å². The van der Waals surface area contributed by atoms with Crippen molar-refractivity contribution in [1.29, 1.82) is 0 Å². The zero-order valence-corrected chi connectivity index (χ0v) is 19.2. The highest BCUT2D eigenvalue weighted by Gasteiger charge is 2.27. The normalized spacial score (nSPS) is 14.1. The molecule has 2 amide bonds. The second kappa shape index (κ2) is 7.75. The molecule has 2 aromatic carbocycles. The van der Waals surface area contributed by atoms with Crippen molar-refractivity contribution in [3.05, 3.63) is 65.4 Å². The Balaban J connectivity index is 1.54. The van der Waals surface area contributed by atoms with Crippen LogP contribution in [0.15, 0.2) is 68.8 Å². The maximum absolute atomic E-state index is 12.4. The van der Waals surface area contributed by atoms with Crippen LogP contribution in [0.4, 0.5) is 0 Å². The molecule has 1 aliphatic heterocycles. The molecule has 0 atom stereocenters. The molecular weight excluding hydrogens is 472 g/mol. The van der Waals surface area contributed by atoms with Gasteiger partial charge in [0.1, 0.15) is 16.1 Å². The first-order chi connectivity index (χ1) is 16.5. The third kappa shape index (κ3) is 3.33. The lowest BCUT2D eigenvalue weighted by atomic mass is 10.1. The first-order valence-corrected chi connectivity index (χ1v) is 11.4. The molecule has 0 radical (unpaired) electrons. The lowest BCUT2D eigenvalue weighted by Gasteiger charge is -2.16. The summed E-state index contributed by atoms with van der Waals surface area (Å²) in [5.41, 5.74) is 3.85. The predicted molar refractivity (Wildman–Crippen MR) is 130 cm³/mol. The molecule has 0 saturated carbocycles. The highest BCUT2D eigenvalue weighted by molar-refractivity contribution is 7.99. The average molecular weight is 487 g/mol. The summed E-state index contributed by atoms with van der Waals surface area (Å²) in [7, 11) is 0. The monoisotopic (exact) mass is 486 g/mol. The van der Waals surface area contributed by atoms with Crippen LogP contribution in [0.3, 0.4) is 0 Å². The van der Waals surface area contributed by atoms with E-state index in [-0.39, 0.29) is 10.7 Å². The van der Waals surface area contributed by atoms with E-state index < -0.39 is 11.8 Å². The predicted octanol–water partition coefficient (Wildman–Crippen LogP) is 3.40. The molecular formula is C23H14N6O3S2. The summed E-state index contributed by atoms with van der Waals surface area (Å²) in [4.78, 5) is 34.2. The number of oxazole rings is 1. The molecule has 0 spiro atoms. The van der Waals surface area contributed by atoms with Crippen molar-refractivity contribution in [2.24, 2.45) is 0 Å². The number of fused-ring (bicyclic) bond motifs is 4. The van der Waals surface area contributed by atoms with E-state index >= 15 is 0 Å². The quantitative estimate of drug-likeness (QED) is 0.173. The maximum Gasteiger partial charge on any atom is 0.263 e. The number of hydrogen-bond donors (Lipinski definition) is 2. The first kappa shape index (κ1) is 20.5. The fraction of sp³-hybridized carbons (Fsp3) is 0.0435. The van der Waals surface area contributed by atoms with Crippen LogP contribution in [0.5, 0.6) is 0 Å². The Morgan fingerprint density at radius 2 is 1.76 bits per heavy atom. The van der Waals surface area contributed by atoms with Crippen molar-refractivity contribution >= 4 is 74.6 Å². The molecule has 9 nitrogen and oxygen atoms in total. The number of rotatable bonds is 3. The SMILES string of the molecule is Cc1nn2c(nc(Sc3nc4ccccc4o3)c3ccccc32)c1C=C1C(=O)NC(=S)NC1=O. The van der Waals surface area contributed by atoms with E-state index in [4.69, 9.17) is 21.6 Å². The smallest absolute Gasteiger partial charge is 0.263 e. The van der Waals surface area contributed by atoms with E-state index in [1.165, 1.54) is 17.8 Å². The lowest BCUT2D eigenvalue weighted by molar-refractivity contribution is -0.123. The van der Waals surface area contributed by atoms with Crippen LogP contribution >= 0.6 is 24.0 Å². The van der Waals surface area contributed by atoms with Crippen LogP contribution in [0.2, 0.25) is 0 Å². The molecule has 34 heavy (non-hydrogen) atoms. The van der Waals surface area contributed by atoms with Gasteiger partial charge in [0.05, 0.1) is 11.2 Å². The standard InChI is InChI=1S/C23H14N6O3S2/c1-11-13(10-14-19(30)26-22(33)27-20(14)31)18-25-21(12-6-2-4-8-16(12)29(18)28-11)34-23-24-15-7-3-5-9-17(15)32-23/h2-10H,1H3,(H2,26,27,30,31,33). The number of thiocarbonyl (C=S) groups is 1. The Bertz CT molecular complexity index is 1660. The molecule has 1 saturated heterocycles. The average Bonchev–Trinajstić information content (AvgIpc) is 3.36. The summed E-state index contributed by atoms with van der Waals surface area (Å²) in [6, 6.07) is 15.2. The number of nitrogens with zero attached hydrogens (tertiary/aromatic N) is 4.